The quantitative estimate of drug-likeness (QED) is 0.0696. The third-order valence-corrected chi connectivity index (χ3v) is 8.39. The summed E-state index contributed by atoms with van der Waals surface area (Å²) in [4.78, 5) is 0. The molecule has 0 N–H and O–H groups in total. The van der Waals surface area contributed by atoms with Gasteiger partial charge in [0.15, 0.2) is 0 Å². The van der Waals surface area contributed by atoms with Crippen molar-refractivity contribution in [2.45, 2.75) is 307 Å². The standard InChI is InChI=1S/C7H16O.4C6H14O.4C5H12O.2C4H10O.C3H8O/c1-4-6-7(3)8-5-2;1-5-7-6(2,3)4;1-4-5-6(2)7-3;1-4-6(3)7-5-2;1-3-5-6-7-4-2;1-4-5(2)6-3;2*1-4-6-5(2)3;1-3-5-6-4-2;1-4(2)5-3;1-3-5-4-2;1-3-4-2/h7H,4-6H2,1-3H3;5H2,1-4H3;2*6H,4-5H2,1-3H3;3-6H2,1-2H3;3*5H,4H2,1-3H3;3-5H2,1-2H3;4H,1-3H3;3-4H2,1-2H3;3H2,1-2H3. The van der Waals surface area contributed by atoms with Gasteiger partial charge >= 0.3 is 0 Å². The normalized spacial score (nSPS) is 11.4. The van der Waals surface area contributed by atoms with Crippen molar-refractivity contribution >= 4 is 0 Å². The molecule has 12 heteroatoms. The van der Waals surface area contributed by atoms with E-state index in [1.807, 2.05) is 111 Å². The highest BCUT2D eigenvalue weighted by Crippen LogP contribution is 2.04. The van der Waals surface area contributed by atoms with E-state index in [2.05, 4.69) is 94.7 Å². The molecule has 0 aliphatic heterocycles. The molecule has 0 heterocycles. The Balaban J connectivity index is -0.0000000569. The maximum atomic E-state index is 5.28. The minimum Gasteiger partial charge on any atom is -0.385 e. The van der Waals surface area contributed by atoms with Crippen LogP contribution in [0.15, 0.2) is 0 Å². The highest BCUT2D eigenvalue weighted by atomic mass is 16.5. The van der Waals surface area contributed by atoms with Crippen LogP contribution in [0.25, 0.3) is 0 Å². The van der Waals surface area contributed by atoms with Gasteiger partial charge in [0.05, 0.1) is 48.3 Å². The Morgan fingerprint density at radius 1 is 0.311 bits per heavy atom. The van der Waals surface area contributed by atoms with Gasteiger partial charge in [-0.3, -0.25) is 0 Å². The van der Waals surface area contributed by atoms with E-state index in [1.165, 1.54) is 38.5 Å². The van der Waals surface area contributed by atoms with Gasteiger partial charge in [-0.05, 0) is 198 Å². The summed E-state index contributed by atoms with van der Waals surface area (Å²) in [5.41, 5.74) is 0.0503. The number of hydrogen-bond donors (Lipinski definition) is 0. The summed E-state index contributed by atoms with van der Waals surface area (Å²) < 4.78 is 59.9. The van der Waals surface area contributed by atoms with Crippen LogP contribution in [0, 0.1) is 0 Å². The molecular formula is C62H148O12. The third kappa shape index (κ3) is 206. The second kappa shape index (κ2) is 105. The molecule has 0 spiro atoms. The summed E-state index contributed by atoms with van der Waals surface area (Å²) in [7, 11) is 6.86. The number of methoxy groups -OCH3 is 4. The summed E-state index contributed by atoms with van der Waals surface area (Å²) in [6.45, 7) is 69.7. The fourth-order valence-corrected chi connectivity index (χ4v) is 3.85. The monoisotopic (exact) mass is 1090 g/mol. The van der Waals surface area contributed by atoms with E-state index in [-0.39, 0.29) is 5.60 Å². The average molecular weight is 1090 g/mol. The summed E-state index contributed by atoms with van der Waals surface area (Å²) >= 11 is 0. The van der Waals surface area contributed by atoms with Crippen molar-refractivity contribution in [2.75, 3.05) is 108 Å². The van der Waals surface area contributed by atoms with Crippen LogP contribution in [0.2, 0.25) is 0 Å². The molecule has 12 nitrogen and oxygen atoms in total. The largest absolute Gasteiger partial charge is 0.385 e. The molecule has 0 aromatic rings. The number of unbranched alkanes of at least 4 members (excludes halogenated alkanes) is 1. The van der Waals surface area contributed by atoms with E-state index >= 15 is 0 Å². The van der Waals surface area contributed by atoms with E-state index < -0.39 is 0 Å². The van der Waals surface area contributed by atoms with Gasteiger partial charge in [0.25, 0.3) is 0 Å². The van der Waals surface area contributed by atoms with Crippen LogP contribution >= 0.6 is 0 Å². The molecule has 0 saturated heterocycles. The summed E-state index contributed by atoms with van der Waals surface area (Å²) in [6, 6.07) is 0. The molecule has 0 aliphatic rings. The molecule has 0 aromatic heterocycles. The second-order valence-corrected chi connectivity index (χ2v) is 18.0. The Kier molecular flexibility index (Phi) is 145. The molecule has 0 bridgehead atoms. The minimum absolute atomic E-state index is 0.0503. The summed E-state index contributed by atoms with van der Waals surface area (Å²) in [6.07, 6.45) is 13.6. The van der Waals surface area contributed by atoms with Crippen LogP contribution in [-0.2, 0) is 56.8 Å². The first-order valence-corrected chi connectivity index (χ1v) is 29.7. The van der Waals surface area contributed by atoms with E-state index in [0.29, 0.717) is 42.7 Å². The third-order valence-electron chi connectivity index (χ3n) is 8.39. The van der Waals surface area contributed by atoms with E-state index in [0.717, 1.165) is 98.5 Å². The van der Waals surface area contributed by atoms with Gasteiger partial charge < -0.3 is 56.8 Å². The smallest absolute Gasteiger partial charge is 0.0598 e. The second-order valence-electron chi connectivity index (χ2n) is 18.0. The zero-order chi connectivity index (χ0) is 60.9. The molecule has 4 unspecified atom stereocenters. The van der Waals surface area contributed by atoms with Crippen molar-refractivity contribution in [3.8, 4) is 0 Å². The molecule has 0 saturated carbocycles. The highest BCUT2D eigenvalue weighted by molar-refractivity contribution is 4.56. The van der Waals surface area contributed by atoms with E-state index in [4.69, 9.17) is 52.1 Å². The lowest BCUT2D eigenvalue weighted by molar-refractivity contribution is 0.00530. The first kappa shape index (κ1) is 102. The van der Waals surface area contributed by atoms with Crippen molar-refractivity contribution in [1.82, 2.24) is 0 Å². The Morgan fingerprint density at radius 2 is 0.649 bits per heavy atom. The molecule has 0 fully saturated rings. The number of ether oxygens (including phenoxy) is 12. The molecule has 0 radical (unpaired) electrons. The van der Waals surface area contributed by atoms with Crippen molar-refractivity contribution in [2.24, 2.45) is 0 Å². The highest BCUT2D eigenvalue weighted by Gasteiger charge is 2.06. The Labute approximate surface area is 469 Å². The SMILES string of the molecule is CCC(C)OC.CCCC(C)OC.CCCC(C)OCC.CCCCOCC.CCCOCC.CCOC.CCOC(C)(C)C.CCOC(C)C.CCOC(C)C.CCOC(C)CC.CCOCC.COC(C)C. The van der Waals surface area contributed by atoms with Gasteiger partial charge in [0, 0.05) is 108 Å². The fraction of sp³-hybridized carbons (Fsp3) is 1.00. The topological polar surface area (TPSA) is 111 Å². The number of rotatable bonds is 28. The Morgan fingerprint density at radius 3 is 0.770 bits per heavy atom. The van der Waals surface area contributed by atoms with E-state index in [1.54, 1.807) is 28.4 Å². The lowest BCUT2D eigenvalue weighted by Gasteiger charge is -2.17. The first-order valence-electron chi connectivity index (χ1n) is 29.7. The first-order chi connectivity index (χ1) is 34.8. The van der Waals surface area contributed by atoms with Gasteiger partial charge in [0.2, 0.25) is 0 Å². The van der Waals surface area contributed by atoms with Crippen molar-refractivity contribution in [1.29, 1.82) is 0 Å². The van der Waals surface area contributed by atoms with Crippen LogP contribution in [-0.4, -0.2) is 156 Å². The minimum atomic E-state index is 0.0503. The maximum absolute atomic E-state index is 5.28. The van der Waals surface area contributed by atoms with Gasteiger partial charge in [0.1, 0.15) is 0 Å². The van der Waals surface area contributed by atoms with Crippen LogP contribution in [0.3, 0.4) is 0 Å². The molecule has 74 heavy (non-hydrogen) atoms. The molecule has 0 amide bonds. The summed E-state index contributed by atoms with van der Waals surface area (Å²) in [5.74, 6) is 0. The van der Waals surface area contributed by atoms with Crippen LogP contribution in [0.4, 0.5) is 0 Å². The Bertz CT molecular complexity index is 697. The van der Waals surface area contributed by atoms with Crippen LogP contribution in [0.1, 0.15) is 259 Å². The zero-order valence-electron chi connectivity index (χ0n) is 57.3. The van der Waals surface area contributed by atoms with Gasteiger partial charge in [-0.1, -0.05) is 60.8 Å². The average Bonchev–Trinajstić information content (AvgIpc) is 3.35. The molecule has 0 rings (SSSR count). The van der Waals surface area contributed by atoms with Crippen LogP contribution < -0.4 is 0 Å². The lowest BCUT2D eigenvalue weighted by atomic mass is 10.2. The van der Waals surface area contributed by atoms with Crippen molar-refractivity contribution in [3.05, 3.63) is 0 Å². The molecule has 0 aliphatic carbocycles. The summed E-state index contributed by atoms with van der Waals surface area (Å²) in [5, 5.41) is 0. The molecule has 4 atom stereocenters. The predicted molar refractivity (Wildman–Crippen MR) is 330 cm³/mol. The molecule has 468 valence electrons. The van der Waals surface area contributed by atoms with Crippen LogP contribution in [0.5, 0.6) is 0 Å². The van der Waals surface area contributed by atoms with Gasteiger partial charge in [-0.25, -0.2) is 0 Å². The molecular weight excluding hydrogens is 937 g/mol. The van der Waals surface area contributed by atoms with E-state index in [9.17, 15) is 0 Å². The maximum Gasteiger partial charge on any atom is 0.0598 e. The van der Waals surface area contributed by atoms with Gasteiger partial charge in [-0.2, -0.15) is 0 Å². The van der Waals surface area contributed by atoms with Crippen molar-refractivity contribution < 1.29 is 56.8 Å². The zero-order valence-corrected chi connectivity index (χ0v) is 57.3. The van der Waals surface area contributed by atoms with Crippen molar-refractivity contribution in [3.63, 3.8) is 0 Å². The van der Waals surface area contributed by atoms with Gasteiger partial charge in [-0.15, -0.1) is 0 Å². The Hall–Kier alpha value is -0.480. The lowest BCUT2D eigenvalue weighted by Crippen LogP contribution is -2.18. The fourth-order valence-electron chi connectivity index (χ4n) is 3.85. The number of hydrogen-bond acceptors (Lipinski definition) is 12. The predicted octanol–water partition coefficient (Wildman–Crippen LogP) is 18.0. The molecule has 0 aromatic carbocycles.